The van der Waals surface area contributed by atoms with Gasteiger partial charge in [-0.3, -0.25) is 4.79 Å². The molecule has 0 spiro atoms. The second kappa shape index (κ2) is 6.44. The van der Waals surface area contributed by atoms with Crippen LogP contribution in [0.4, 0.5) is 0 Å². The number of aromatic nitrogens is 1. The summed E-state index contributed by atoms with van der Waals surface area (Å²) in [5.74, 6) is -0.309. The number of carbonyl (C=O) groups is 1. The number of aliphatic hydroxyl groups is 1. The third-order valence-electron chi connectivity index (χ3n) is 3.95. The summed E-state index contributed by atoms with van der Waals surface area (Å²) < 4.78 is 1.77. The Kier molecular flexibility index (Phi) is 4.37. The van der Waals surface area contributed by atoms with Gasteiger partial charge in [-0.1, -0.05) is 60.1 Å². The summed E-state index contributed by atoms with van der Waals surface area (Å²) >= 11 is 6.39. The van der Waals surface area contributed by atoms with Gasteiger partial charge in [-0.25, -0.2) is 0 Å². The molecule has 4 nitrogen and oxygen atoms in total. The summed E-state index contributed by atoms with van der Waals surface area (Å²) in [7, 11) is 1.81. The van der Waals surface area contributed by atoms with Gasteiger partial charge in [-0.05, 0) is 11.6 Å². The molecule has 5 heteroatoms. The van der Waals surface area contributed by atoms with Crippen molar-refractivity contribution in [3.63, 3.8) is 0 Å². The van der Waals surface area contributed by atoms with Crippen LogP contribution >= 0.6 is 11.6 Å². The number of benzene rings is 2. The number of amides is 1. The standard InChI is InChI=1S/C18H17ClN2O2/c1-21-15-10-6-5-9-13(15)16(19)17(21)18(23)20-14(11-22)12-7-3-2-4-8-12/h2-10,14,22H,11H2,1H3,(H,20,23). The first-order valence-corrected chi connectivity index (χ1v) is 7.71. The Labute approximate surface area is 139 Å². The van der Waals surface area contributed by atoms with E-state index in [2.05, 4.69) is 5.32 Å². The van der Waals surface area contributed by atoms with Crippen molar-refractivity contribution in [2.75, 3.05) is 6.61 Å². The summed E-state index contributed by atoms with van der Waals surface area (Å²) in [6.45, 7) is -0.183. The van der Waals surface area contributed by atoms with Crippen molar-refractivity contribution in [3.8, 4) is 0 Å². The van der Waals surface area contributed by atoms with Crippen molar-refractivity contribution in [1.82, 2.24) is 9.88 Å². The van der Waals surface area contributed by atoms with Crippen LogP contribution in [0, 0.1) is 0 Å². The van der Waals surface area contributed by atoms with Crippen LogP contribution < -0.4 is 5.32 Å². The van der Waals surface area contributed by atoms with Gasteiger partial charge in [0.05, 0.1) is 17.7 Å². The van der Waals surface area contributed by atoms with Crippen LogP contribution in [0.2, 0.25) is 5.02 Å². The maximum absolute atomic E-state index is 12.7. The molecule has 1 amide bonds. The van der Waals surface area contributed by atoms with Gasteiger partial charge in [-0.15, -0.1) is 0 Å². The van der Waals surface area contributed by atoms with Crippen LogP contribution in [0.25, 0.3) is 10.9 Å². The molecule has 2 N–H and O–H groups in total. The number of nitrogens with one attached hydrogen (secondary N) is 1. The summed E-state index contributed by atoms with van der Waals surface area (Å²) in [4.78, 5) is 12.7. The van der Waals surface area contributed by atoms with Gasteiger partial charge in [-0.2, -0.15) is 0 Å². The number of aliphatic hydroxyl groups excluding tert-OH is 1. The van der Waals surface area contributed by atoms with Crippen LogP contribution in [0.1, 0.15) is 22.1 Å². The first kappa shape index (κ1) is 15.6. The Morgan fingerprint density at radius 3 is 2.48 bits per heavy atom. The molecular weight excluding hydrogens is 312 g/mol. The van der Waals surface area contributed by atoms with Gasteiger partial charge in [0, 0.05) is 18.0 Å². The van der Waals surface area contributed by atoms with Crippen molar-refractivity contribution in [2.24, 2.45) is 7.05 Å². The highest BCUT2D eigenvalue weighted by Crippen LogP contribution is 2.30. The molecule has 3 aromatic rings. The van der Waals surface area contributed by atoms with Crippen LogP contribution in [0.15, 0.2) is 54.6 Å². The minimum absolute atomic E-state index is 0.183. The minimum atomic E-state index is -0.474. The number of carbonyl (C=O) groups excluding carboxylic acids is 1. The maximum atomic E-state index is 12.7. The van der Waals surface area contributed by atoms with Crippen molar-refractivity contribution in [2.45, 2.75) is 6.04 Å². The fourth-order valence-electron chi connectivity index (χ4n) is 2.75. The number of rotatable bonds is 4. The van der Waals surface area contributed by atoms with Crippen molar-refractivity contribution >= 4 is 28.4 Å². The van der Waals surface area contributed by atoms with Gasteiger partial charge in [0.15, 0.2) is 0 Å². The lowest BCUT2D eigenvalue weighted by Gasteiger charge is -2.17. The van der Waals surface area contributed by atoms with Gasteiger partial charge in [0.2, 0.25) is 0 Å². The molecule has 1 unspecified atom stereocenters. The largest absolute Gasteiger partial charge is 0.394 e. The molecule has 0 bridgehead atoms. The number of nitrogens with zero attached hydrogens (tertiary/aromatic N) is 1. The zero-order valence-corrected chi connectivity index (χ0v) is 13.4. The number of para-hydroxylation sites is 1. The third-order valence-corrected chi connectivity index (χ3v) is 4.33. The molecular formula is C18H17ClN2O2. The Morgan fingerprint density at radius 1 is 1.17 bits per heavy atom. The predicted molar refractivity (Wildman–Crippen MR) is 91.7 cm³/mol. The van der Waals surface area contributed by atoms with Gasteiger partial charge < -0.3 is 15.0 Å². The van der Waals surface area contributed by atoms with Crippen LogP contribution in [0.3, 0.4) is 0 Å². The number of fused-ring (bicyclic) bond motifs is 1. The summed E-state index contributed by atoms with van der Waals surface area (Å²) in [6.07, 6.45) is 0. The molecule has 0 aliphatic heterocycles. The zero-order valence-electron chi connectivity index (χ0n) is 12.7. The molecule has 2 aromatic carbocycles. The highest BCUT2D eigenvalue weighted by molar-refractivity contribution is 6.38. The number of hydrogen-bond acceptors (Lipinski definition) is 2. The van der Waals surface area contributed by atoms with E-state index >= 15 is 0 Å². The van der Waals surface area contributed by atoms with E-state index in [1.165, 1.54) is 0 Å². The zero-order chi connectivity index (χ0) is 16.4. The van der Waals surface area contributed by atoms with E-state index in [-0.39, 0.29) is 12.5 Å². The number of halogens is 1. The third kappa shape index (κ3) is 2.83. The first-order chi connectivity index (χ1) is 11.1. The average molecular weight is 329 g/mol. The van der Waals surface area contributed by atoms with Crippen LogP contribution in [0.5, 0.6) is 0 Å². The van der Waals surface area contributed by atoms with E-state index in [9.17, 15) is 9.90 Å². The quantitative estimate of drug-likeness (QED) is 0.772. The molecule has 0 radical (unpaired) electrons. The number of aryl methyl sites for hydroxylation is 1. The SMILES string of the molecule is Cn1c(C(=O)NC(CO)c2ccccc2)c(Cl)c2ccccc21. The molecule has 23 heavy (non-hydrogen) atoms. The second-order valence-electron chi connectivity index (χ2n) is 5.36. The Bertz CT molecular complexity index is 804. The van der Waals surface area contributed by atoms with E-state index in [0.29, 0.717) is 10.7 Å². The maximum Gasteiger partial charge on any atom is 0.270 e. The summed E-state index contributed by atoms with van der Waals surface area (Å²) in [6, 6.07) is 16.5. The lowest BCUT2D eigenvalue weighted by Crippen LogP contribution is -2.32. The first-order valence-electron chi connectivity index (χ1n) is 7.33. The summed E-state index contributed by atoms with van der Waals surface area (Å²) in [5.41, 5.74) is 2.13. The van der Waals surface area contributed by atoms with Crippen molar-refractivity contribution < 1.29 is 9.90 Å². The lowest BCUT2D eigenvalue weighted by atomic mass is 10.1. The Morgan fingerprint density at radius 2 is 1.83 bits per heavy atom. The van der Waals surface area contributed by atoms with Gasteiger partial charge >= 0.3 is 0 Å². The molecule has 1 atom stereocenters. The van der Waals surface area contributed by atoms with Crippen LogP contribution in [-0.4, -0.2) is 22.2 Å². The molecule has 1 aromatic heterocycles. The topological polar surface area (TPSA) is 54.3 Å². The molecule has 0 saturated heterocycles. The Balaban J connectivity index is 1.95. The highest BCUT2D eigenvalue weighted by Gasteiger charge is 2.22. The molecule has 1 heterocycles. The summed E-state index contributed by atoms with van der Waals surface area (Å²) in [5, 5.41) is 13.7. The molecule has 118 valence electrons. The normalized spacial score (nSPS) is 12.3. The smallest absolute Gasteiger partial charge is 0.270 e. The molecule has 0 fully saturated rings. The van der Waals surface area contributed by atoms with E-state index in [1.807, 2.05) is 54.6 Å². The Hall–Kier alpha value is -2.30. The number of hydrogen-bond donors (Lipinski definition) is 2. The van der Waals surface area contributed by atoms with Gasteiger partial charge in [0.1, 0.15) is 5.69 Å². The minimum Gasteiger partial charge on any atom is -0.394 e. The monoisotopic (exact) mass is 328 g/mol. The van der Waals surface area contributed by atoms with Crippen molar-refractivity contribution in [1.29, 1.82) is 0 Å². The van der Waals surface area contributed by atoms with E-state index in [4.69, 9.17) is 11.6 Å². The fraction of sp³-hybridized carbons (Fsp3) is 0.167. The molecule has 0 aliphatic carbocycles. The van der Waals surface area contributed by atoms with Gasteiger partial charge in [0.25, 0.3) is 5.91 Å². The molecule has 0 saturated carbocycles. The average Bonchev–Trinajstić information content (AvgIpc) is 2.85. The molecule has 3 rings (SSSR count). The molecule has 0 aliphatic rings. The van der Waals surface area contributed by atoms with E-state index in [1.54, 1.807) is 11.6 Å². The van der Waals surface area contributed by atoms with Crippen molar-refractivity contribution in [3.05, 3.63) is 70.9 Å². The predicted octanol–water partition coefficient (Wildman–Crippen LogP) is 3.30. The lowest BCUT2D eigenvalue weighted by molar-refractivity contribution is 0.0908. The van der Waals surface area contributed by atoms with E-state index in [0.717, 1.165) is 16.5 Å². The highest BCUT2D eigenvalue weighted by atomic mass is 35.5. The second-order valence-corrected chi connectivity index (χ2v) is 5.74. The van der Waals surface area contributed by atoms with Crippen LogP contribution in [-0.2, 0) is 7.05 Å². The van der Waals surface area contributed by atoms with E-state index < -0.39 is 6.04 Å². The fourth-order valence-corrected chi connectivity index (χ4v) is 3.12.